The van der Waals surface area contributed by atoms with Crippen molar-refractivity contribution < 1.29 is 19.1 Å². The molecule has 0 aliphatic carbocycles. The van der Waals surface area contributed by atoms with Gasteiger partial charge in [-0.1, -0.05) is 32.0 Å². The number of nitrogens with one attached hydrogen (secondary N) is 1. The third kappa shape index (κ3) is 3.56. The van der Waals surface area contributed by atoms with Crippen LogP contribution in [-0.2, 0) is 14.3 Å². The van der Waals surface area contributed by atoms with Crippen molar-refractivity contribution in [2.24, 2.45) is 5.92 Å². The molecule has 148 valence electrons. The van der Waals surface area contributed by atoms with E-state index in [0.717, 1.165) is 10.1 Å². The van der Waals surface area contributed by atoms with Crippen molar-refractivity contribution in [2.75, 3.05) is 13.2 Å². The number of hydrogen-bond donors (Lipinski definition) is 1. The van der Waals surface area contributed by atoms with Gasteiger partial charge in [0.2, 0.25) is 5.91 Å². The Labute approximate surface area is 167 Å². The monoisotopic (exact) mass is 400 g/mol. The predicted molar refractivity (Wildman–Crippen MR) is 107 cm³/mol. The van der Waals surface area contributed by atoms with Gasteiger partial charge < -0.3 is 15.0 Å². The van der Waals surface area contributed by atoms with E-state index < -0.39 is 12.1 Å². The Morgan fingerprint density at radius 2 is 2.11 bits per heavy atom. The molecule has 2 saturated heterocycles. The van der Waals surface area contributed by atoms with Crippen LogP contribution in [-0.4, -0.2) is 53.8 Å². The zero-order valence-electron chi connectivity index (χ0n) is 16.0. The van der Waals surface area contributed by atoms with Crippen LogP contribution in [0.3, 0.4) is 0 Å². The van der Waals surface area contributed by atoms with Crippen LogP contribution in [0.25, 0.3) is 10.1 Å². The van der Waals surface area contributed by atoms with Gasteiger partial charge in [0.1, 0.15) is 18.7 Å². The van der Waals surface area contributed by atoms with Crippen LogP contribution in [0, 0.1) is 5.92 Å². The molecule has 1 aromatic heterocycles. The molecule has 0 spiro atoms. The Morgan fingerprint density at radius 1 is 1.32 bits per heavy atom. The van der Waals surface area contributed by atoms with Crippen molar-refractivity contribution in [3.05, 3.63) is 35.2 Å². The number of ether oxygens (including phenoxy) is 1. The quantitative estimate of drug-likeness (QED) is 0.837. The smallest absolute Gasteiger partial charge is 0.262 e. The lowest BCUT2D eigenvalue weighted by atomic mass is 10.0. The Kier molecular flexibility index (Phi) is 5.21. The summed E-state index contributed by atoms with van der Waals surface area (Å²) in [4.78, 5) is 40.4. The summed E-state index contributed by atoms with van der Waals surface area (Å²) in [5.74, 6) is -0.250. The maximum Gasteiger partial charge on any atom is 0.262 e. The second-order valence-corrected chi connectivity index (χ2v) is 8.97. The number of hydrogen-bond acceptors (Lipinski definition) is 5. The summed E-state index contributed by atoms with van der Waals surface area (Å²) < 4.78 is 6.52. The molecule has 2 aliphatic heterocycles. The molecule has 0 saturated carbocycles. The van der Waals surface area contributed by atoms with E-state index >= 15 is 0 Å². The minimum absolute atomic E-state index is 0.0463. The molecule has 2 fully saturated rings. The first-order valence-electron chi connectivity index (χ1n) is 9.68. The summed E-state index contributed by atoms with van der Waals surface area (Å²) in [5, 5.41) is 3.94. The van der Waals surface area contributed by atoms with Crippen molar-refractivity contribution in [3.8, 4) is 0 Å². The number of amides is 2. The third-order valence-electron chi connectivity index (χ3n) is 5.35. The molecule has 2 aromatic rings. The van der Waals surface area contributed by atoms with E-state index in [1.807, 2.05) is 44.2 Å². The van der Waals surface area contributed by atoms with Crippen molar-refractivity contribution >= 4 is 39.0 Å². The fraction of sp³-hybridized carbons (Fsp3) is 0.476. The highest BCUT2D eigenvalue weighted by molar-refractivity contribution is 7.20. The Morgan fingerprint density at radius 3 is 2.86 bits per heavy atom. The van der Waals surface area contributed by atoms with Gasteiger partial charge in [-0.2, -0.15) is 0 Å². The van der Waals surface area contributed by atoms with Gasteiger partial charge in [-0.15, -0.1) is 11.3 Å². The largest absolute Gasteiger partial charge is 0.368 e. The molecule has 1 aromatic carbocycles. The average molecular weight is 401 g/mol. The maximum atomic E-state index is 13.2. The molecule has 28 heavy (non-hydrogen) atoms. The van der Waals surface area contributed by atoms with Crippen molar-refractivity contribution in [2.45, 2.75) is 44.9 Å². The lowest BCUT2D eigenvalue weighted by molar-refractivity contribution is -0.138. The number of Topliss-reactive ketones (excluding diaryl/α,β-unsaturated/α-hetero) is 1. The molecule has 6 nitrogen and oxygen atoms in total. The summed E-state index contributed by atoms with van der Waals surface area (Å²) in [6.45, 7) is 4.60. The molecular formula is C21H24N2O4S. The van der Waals surface area contributed by atoms with Crippen LogP contribution in [0.2, 0.25) is 0 Å². The molecule has 0 radical (unpaired) electrons. The van der Waals surface area contributed by atoms with E-state index in [4.69, 9.17) is 4.74 Å². The van der Waals surface area contributed by atoms with Crippen LogP contribution in [0.4, 0.5) is 0 Å². The summed E-state index contributed by atoms with van der Waals surface area (Å²) in [6.07, 6.45) is 0.994. The fourth-order valence-corrected chi connectivity index (χ4v) is 5.02. The van der Waals surface area contributed by atoms with Gasteiger partial charge in [0.15, 0.2) is 5.78 Å². The number of benzene rings is 1. The van der Waals surface area contributed by atoms with Crippen LogP contribution in [0.15, 0.2) is 30.3 Å². The van der Waals surface area contributed by atoms with Gasteiger partial charge >= 0.3 is 0 Å². The number of carbonyl (C=O) groups excluding carboxylic acids is 3. The van der Waals surface area contributed by atoms with Crippen LogP contribution < -0.4 is 5.32 Å². The van der Waals surface area contributed by atoms with Crippen LogP contribution in [0.1, 0.15) is 36.4 Å². The normalized spacial score (nSPS) is 22.7. The number of fused-ring (bicyclic) bond motifs is 2. The summed E-state index contributed by atoms with van der Waals surface area (Å²) >= 11 is 1.41. The molecule has 7 heteroatoms. The standard InChI is InChI=1S/C21H24N2O4S/c1-12(2)9-14(21(26)23-8-7-16-19(23)15(24)11-27-16)22-20(25)18-10-13-5-3-4-6-17(13)28-18/h3-6,10,12,14,16,19H,7-9,11H2,1-2H3,(H,22,25)/t14-,16+,19+/m0/s1. The van der Waals surface area contributed by atoms with Gasteiger partial charge in [-0.25, -0.2) is 0 Å². The number of ketones is 1. The summed E-state index contributed by atoms with van der Waals surface area (Å²) in [7, 11) is 0. The van der Waals surface area contributed by atoms with E-state index in [0.29, 0.717) is 24.3 Å². The Hall–Kier alpha value is -2.25. The van der Waals surface area contributed by atoms with Crippen LogP contribution in [0.5, 0.6) is 0 Å². The SMILES string of the molecule is CC(C)C[C@H](NC(=O)c1cc2ccccc2s1)C(=O)N1CC[C@H]2OCC(=O)[C@H]21. The molecule has 3 heterocycles. The minimum atomic E-state index is -0.648. The van der Waals surface area contributed by atoms with Crippen LogP contribution >= 0.6 is 11.3 Å². The lowest BCUT2D eigenvalue weighted by Gasteiger charge is -2.28. The lowest BCUT2D eigenvalue weighted by Crippen LogP contribution is -2.52. The Balaban J connectivity index is 1.53. The van der Waals surface area contributed by atoms with Gasteiger partial charge in [-0.05, 0) is 36.3 Å². The molecule has 3 atom stereocenters. The second-order valence-electron chi connectivity index (χ2n) is 7.88. The summed E-state index contributed by atoms with van der Waals surface area (Å²) in [6, 6.07) is 8.53. The zero-order chi connectivity index (χ0) is 19.8. The Bertz CT molecular complexity index is 889. The van der Waals surface area contributed by atoms with E-state index in [1.165, 1.54) is 11.3 Å². The van der Waals surface area contributed by atoms with Gasteiger partial charge in [0.25, 0.3) is 5.91 Å². The number of likely N-dealkylation sites (tertiary alicyclic amines) is 1. The first-order valence-corrected chi connectivity index (χ1v) is 10.5. The number of rotatable bonds is 5. The number of carbonyl (C=O) groups is 3. The first-order chi connectivity index (χ1) is 13.4. The molecule has 0 unspecified atom stereocenters. The van der Waals surface area contributed by atoms with Gasteiger partial charge in [0.05, 0.1) is 11.0 Å². The second kappa shape index (κ2) is 7.64. The van der Waals surface area contributed by atoms with Crippen molar-refractivity contribution in [1.29, 1.82) is 0 Å². The molecule has 4 rings (SSSR count). The minimum Gasteiger partial charge on any atom is -0.368 e. The highest BCUT2D eigenvalue weighted by atomic mass is 32.1. The topological polar surface area (TPSA) is 75.7 Å². The number of thiophene rings is 1. The van der Waals surface area contributed by atoms with Gasteiger partial charge in [-0.3, -0.25) is 14.4 Å². The molecule has 2 amide bonds. The fourth-order valence-electron chi connectivity index (χ4n) is 4.06. The average Bonchev–Trinajstić information content (AvgIpc) is 3.36. The molecular weight excluding hydrogens is 376 g/mol. The van der Waals surface area contributed by atoms with E-state index in [9.17, 15) is 14.4 Å². The summed E-state index contributed by atoms with van der Waals surface area (Å²) in [5.41, 5.74) is 0. The van der Waals surface area contributed by atoms with Gasteiger partial charge in [0, 0.05) is 11.2 Å². The van der Waals surface area contributed by atoms with E-state index in [-0.39, 0.29) is 36.2 Å². The molecule has 0 bridgehead atoms. The highest BCUT2D eigenvalue weighted by Crippen LogP contribution is 2.29. The molecule has 1 N–H and O–H groups in total. The molecule has 2 aliphatic rings. The first kappa shape index (κ1) is 19.1. The zero-order valence-corrected chi connectivity index (χ0v) is 16.8. The van der Waals surface area contributed by atoms with E-state index in [2.05, 4.69) is 5.32 Å². The number of nitrogens with zero attached hydrogens (tertiary/aromatic N) is 1. The predicted octanol–water partition coefficient (Wildman–Crippen LogP) is 2.61. The third-order valence-corrected chi connectivity index (χ3v) is 6.47. The van der Waals surface area contributed by atoms with Crippen molar-refractivity contribution in [1.82, 2.24) is 10.2 Å². The highest BCUT2D eigenvalue weighted by Gasteiger charge is 2.48. The van der Waals surface area contributed by atoms with E-state index in [1.54, 1.807) is 4.90 Å². The maximum absolute atomic E-state index is 13.2. The van der Waals surface area contributed by atoms with Crippen molar-refractivity contribution in [3.63, 3.8) is 0 Å².